The number of hydrogen-bond acceptors (Lipinski definition) is 5. The minimum absolute atomic E-state index is 0.239. The van der Waals surface area contributed by atoms with Crippen molar-refractivity contribution < 1.29 is 9.47 Å². The van der Waals surface area contributed by atoms with Gasteiger partial charge in [0, 0.05) is 37.4 Å². The molecule has 3 heterocycles. The van der Waals surface area contributed by atoms with Gasteiger partial charge in [-0.1, -0.05) is 0 Å². The van der Waals surface area contributed by atoms with Crippen molar-refractivity contribution in [1.29, 1.82) is 0 Å². The molecule has 2 aliphatic rings. The summed E-state index contributed by atoms with van der Waals surface area (Å²) in [5.41, 5.74) is 3.13. The van der Waals surface area contributed by atoms with Gasteiger partial charge in [0.15, 0.2) is 5.79 Å². The van der Waals surface area contributed by atoms with E-state index in [0.29, 0.717) is 0 Å². The van der Waals surface area contributed by atoms with E-state index in [1.807, 2.05) is 5.51 Å². The van der Waals surface area contributed by atoms with Crippen LogP contribution < -0.4 is 0 Å². The van der Waals surface area contributed by atoms with Gasteiger partial charge in [0.05, 0.1) is 24.4 Å². The van der Waals surface area contributed by atoms with Crippen molar-refractivity contribution in [3.8, 4) is 0 Å². The molecule has 0 aliphatic carbocycles. The Balaban J connectivity index is 1.47. The average Bonchev–Trinajstić information content (AvgIpc) is 2.99. The first kappa shape index (κ1) is 12.5. The van der Waals surface area contributed by atoms with Gasteiger partial charge in [0.25, 0.3) is 0 Å². The first-order valence-corrected chi connectivity index (χ1v) is 7.55. The minimum atomic E-state index is -0.239. The van der Waals surface area contributed by atoms with Crippen LogP contribution in [0.25, 0.3) is 0 Å². The summed E-state index contributed by atoms with van der Waals surface area (Å²) in [7, 11) is 0. The first-order valence-electron chi connectivity index (χ1n) is 6.67. The van der Waals surface area contributed by atoms with Crippen molar-refractivity contribution >= 4 is 11.3 Å². The van der Waals surface area contributed by atoms with Crippen LogP contribution in [0, 0.1) is 6.92 Å². The van der Waals surface area contributed by atoms with Crippen molar-refractivity contribution in [3.05, 3.63) is 16.1 Å². The molecule has 0 N–H and O–H groups in total. The van der Waals surface area contributed by atoms with Crippen LogP contribution in [0.15, 0.2) is 5.51 Å². The Hall–Kier alpha value is -0.490. The van der Waals surface area contributed by atoms with E-state index in [9.17, 15) is 0 Å². The van der Waals surface area contributed by atoms with Crippen LogP contribution in [0.4, 0.5) is 0 Å². The Kier molecular flexibility index (Phi) is 3.66. The lowest BCUT2D eigenvalue weighted by atomic mass is 10.0. The van der Waals surface area contributed by atoms with Gasteiger partial charge in [-0.2, -0.15) is 0 Å². The number of piperidine rings is 1. The molecule has 2 saturated heterocycles. The number of aryl methyl sites for hydroxylation is 1. The smallest absolute Gasteiger partial charge is 0.170 e. The Morgan fingerprint density at radius 3 is 2.67 bits per heavy atom. The van der Waals surface area contributed by atoms with Gasteiger partial charge < -0.3 is 14.4 Å². The molecule has 0 radical (unpaired) electrons. The predicted molar refractivity (Wildman–Crippen MR) is 70.9 cm³/mol. The molecule has 0 aromatic carbocycles. The van der Waals surface area contributed by atoms with Gasteiger partial charge in [-0.15, -0.1) is 11.3 Å². The number of likely N-dealkylation sites (tertiary alicyclic amines) is 1. The number of nitrogens with zero attached hydrogens (tertiary/aromatic N) is 2. The van der Waals surface area contributed by atoms with E-state index in [0.717, 1.165) is 52.1 Å². The monoisotopic (exact) mass is 268 g/mol. The maximum atomic E-state index is 5.74. The number of thiazole rings is 1. The van der Waals surface area contributed by atoms with Gasteiger partial charge in [0.1, 0.15) is 0 Å². The van der Waals surface area contributed by atoms with Crippen molar-refractivity contribution in [2.45, 2.75) is 32.0 Å². The van der Waals surface area contributed by atoms with Crippen molar-refractivity contribution in [3.63, 3.8) is 0 Å². The molecule has 3 rings (SSSR count). The highest BCUT2D eigenvalue weighted by Crippen LogP contribution is 2.31. The summed E-state index contributed by atoms with van der Waals surface area (Å²) in [4.78, 5) is 8.23. The molecule has 1 aromatic rings. The van der Waals surface area contributed by atoms with E-state index in [1.165, 1.54) is 10.6 Å². The van der Waals surface area contributed by atoms with E-state index in [-0.39, 0.29) is 5.79 Å². The third-order valence-corrected chi connectivity index (χ3v) is 4.93. The highest BCUT2D eigenvalue weighted by atomic mass is 32.1. The quantitative estimate of drug-likeness (QED) is 0.838. The van der Waals surface area contributed by atoms with Crippen molar-refractivity contribution in [2.24, 2.45) is 0 Å². The van der Waals surface area contributed by atoms with Gasteiger partial charge in [0.2, 0.25) is 0 Å². The molecule has 0 amide bonds. The van der Waals surface area contributed by atoms with Crippen molar-refractivity contribution in [1.82, 2.24) is 9.88 Å². The topological polar surface area (TPSA) is 34.6 Å². The van der Waals surface area contributed by atoms with Crippen LogP contribution >= 0.6 is 11.3 Å². The first-order chi connectivity index (χ1) is 8.77. The van der Waals surface area contributed by atoms with E-state index < -0.39 is 0 Å². The maximum absolute atomic E-state index is 5.74. The van der Waals surface area contributed by atoms with Crippen LogP contribution in [-0.2, 0) is 15.9 Å². The summed E-state index contributed by atoms with van der Waals surface area (Å²) in [6, 6.07) is 0. The summed E-state index contributed by atoms with van der Waals surface area (Å²) in [5, 5.41) is 0. The highest BCUT2D eigenvalue weighted by Gasteiger charge is 2.39. The lowest BCUT2D eigenvalue weighted by Gasteiger charge is -2.37. The zero-order valence-electron chi connectivity index (χ0n) is 10.9. The Labute approximate surface area is 112 Å². The lowest BCUT2D eigenvalue weighted by Crippen LogP contribution is -2.45. The van der Waals surface area contributed by atoms with Crippen LogP contribution in [-0.4, -0.2) is 48.5 Å². The number of aromatic nitrogens is 1. The maximum Gasteiger partial charge on any atom is 0.170 e. The highest BCUT2D eigenvalue weighted by molar-refractivity contribution is 7.09. The van der Waals surface area contributed by atoms with Crippen LogP contribution in [0.3, 0.4) is 0 Å². The molecule has 0 bridgehead atoms. The average molecular weight is 268 g/mol. The number of rotatable bonds is 3. The molecule has 0 atom stereocenters. The summed E-state index contributed by atoms with van der Waals surface area (Å²) < 4.78 is 11.5. The zero-order valence-corrected chi connectivity index (χ0v) is 11.7. The van der Waals surface area contributed by atoms with E-state index in [1.54, 1.807) is 11.3 Å². The number of ether oxygens (including phenoxy) is 2. The number of hydrogen-bond donors (Lipinski definition) is 0. The molecule has 18 heavy (non-hydrogen) atoms. The molecular weight excluding hydrogens is 248 g/mol. The zero-order chi connectivity index (χ0) is 12.4. The predicted octanol–water partition coefficient (Wildman–Crippen LogP) is 1.83. The fraction of sp³-hybridized carbons (Fsp3) is 0.769. The van der Waals surface area contributed by atoms with Gasteiger partial charge in [-0.05, 0) is 13.3 Å². The normalized spacial score (nSPS) is 23.8. The molecular formula is C13H20N2O2S. The Bertz CT molecular complexity index is 391. The van der Waals surface area contributed by atoms with E-state index in [2.05, 4.69) is 16.8 Å². The second-order valence-corrected chi connectivity index (χ2v) is 6.00. The molecule has 2 fully saturated rings. The third-order valence-electron chi connectivity index (χ3n) is 3.93. The molecule has 1 aromatic heterocycles. The molecule has 5 heteroatoms. The Morgan fingerprint density at radius 1 is 1.33 bits per heavy atom. The largest absolute Gasteiger partial charge is 0.347 e. The van der Waals surface area contributed by atoms with Crippen LogP contribution in [0.1, 0.15) is 23.4 Å². The van der Waals surface area contributed by atoms with Crippen LogP contribution in [0.5, 0.6) is 0 Å². The standard InChI is InChI=1S/C13H20N2O2S/c1-11-12(18-10-14-11)2-5-15-6-3-13(4-7-15)16-8-9-17-13/h10H,2-9H2,1H3. The summed E-state index contributed by atoms with van der Waals surface area (Å²) in [5.74, 6) is -0.239. The molecule has 0 unspecified atom stereocenters. The van der Waals surface area contributed by atoms with Crippen molar-refractivity contribution in [2.75, 3.05) is 32.8 Å². The van der Waals surface area contributed by atoms with E-state index >= 15 is 0 Å². The Morgan fingerprint density at radius 2 is 2.06 bits per heavy atom. The minimum Gasteiger partial charge on any atom is -0.347 e. The SMILES string of the molecule is Cc1ncsc1CCN1CCC2(CC1)OCCO2. The fourth-order valence-electron chi connectivity index (χ4n) is 2.73. The van der Waals surface area contributed by atoms with Gasteiger partial charge in [-0.3, -0.25) is 0 Å². The molecule has 100 valence electrons. The molecule has 0 saturated carbocycles. The van der Waals surface area contributed by atoms with Gasteiger partial charge >= 0.3 is 0 Å². The van der Waals surface area contributed by atoms with Crippen LogP contribution in [0.2, 0.25) is 0 Å². The second-order valence-electron chi connectivity index (χ2n) is 5.06. The van der Waals surface area contributed by atoms with Gasteiger partial charge in [-0.25, -0.2) is 4.98 Å². The molecule has 2 aliphatic heterocycles. The van der Waals surface area contributed by atoms with E-state index in [4.69, 9.17) is 9.47 Å². The summed E-state index contributed by atoms with van der Waals surface area (Å²) >= 11 is 1.77. The summed E-state index contributed by atoms with van der Waals surface area (Å²) in [6.07, 6.45) is 3.13. The fourth-order valence-corrected chi connectivity index (χ4v) is 3.50. The lowest BCUT2D eigenvalue weighted by molar-refractivity contribution is -0.185. The third kappa shape index (κ3) is 2.59. The molecule has 4 nitrogen and oxygen atoms in total. The molecule has 1 spiro atoms. The second kappa shape index (κ2) is 5.25. The summed E-state index contributed by atoms with van der Waals surface area (Å²) in [6.45, 7) is 6.91.